The molecule has 0 rings (SSSR count). The van der Waals surface area contributed by atoms with E-state index in [4.69, 9.17) is 5.11 Å². The maximum Gasteiger partial charge on any atom is 0.303 e. The van der Waals surface area contributed by atoms with Gasteiger partial charge in [0, 0.05) is 27.5 Å². The summed E-state index contributed by atoms with van der Waals surface area (Å²) in [5.74, 6) is -0.674. The van der Waals surface area contributed by atoms with Gasteiger partial charge in [0.1, 0.15) is 0 Å². The molecule has 3 heteroatoms. The Morgan fingerprint density at radius 2 is 1.57 bits per heavy atom. The second-order valence-corrected chi connectivity index (χ2v) is 3.34. The summed E-state index contributed by atoms with van der Waals surface area (Å²) in [6.07, 6.45) is 10.1. The fraction of sp³-hybridized carbons (Fsp3) is 0.727. The van der Waals surface area contributed by atoms with Gasteiger partial charge in [-0.2, -0.15) is 0 Å². The molecule has 0 saturated carbocycles. The quantitative estimate of drug-likeness (QED) is 0.399. The van der Waals surface area contributed by atoms with Gasteiger partial charge in [0.25, 0.3) is 0 Å². The van der Waals surface area contributed by atoms with Crippen molar-refractivity contribution in [3.63, 3.8) is 0 Å². The SMILES string of the molecule is C=CCCCCCCCCC(=O)O.[Mo]. The van der Waals surface area contributed by atoms with Gasteiger partial charge in [-0.1, -0.05) is 31.8 Å². The van der Waals surface area contributed by atoms with Crippen molar-refractivity contribution in [3.8, 4) is 0 Å². The summed E-state index contributed by atoms with van der Waals surface area (Å²) in [4.78, 5) is 10.2. The van der Waals surface area contributed by atoms with Gasteiger partial charge in [-0.05, 0) is 19.3 Å². The molecule has 0 fully saturated rings. The van der Waals surface area contributed by atoms with Crippen LogP contribution in [0.2, 0.25) is 0 Å². The molecule has 0 aliphatic rings. The number of unbranched alkanes of at least 4 members (excludes halogenated alkanes) is 6. The number of aliphatic carboxylic acids is 1. The molecule has 0 saturated heterocycles. The summed E-state index contributed by atoms with van der Waals surface area (Å²) in [5.41, 5.74) is 0. The van der Waals surface area contributed by atoms with Crippen LogP contribution in [-0.4, -0.2) is 11.1 Å². The zero-order chi connectivity index (χ0) is 9.94. The molecule has 2 nitrogen and oxygen atoms in total. The molecule has 0 bridgehead atoms. The number of allylic oxidation sites excluding steroid dienone is 1. The minimum absolute atomic E-state index is 0. The van der Waals surface area contributed by atoms with E-state index >= 15 is 0 Å². The molecule has 0 aliphatic carbocycles. The van der Waals surface area contributed by atoms with Crippen LogP contribution < -0.4 is 0 Å². The summed E-state index contributed by atoms with van der Waals surface area (Å²) in [7, 11) is 0. The molecule has 0 heterocycles. The van der Waals surface area contributed by atoms with Crippen LogP contribution in [0.1, 0.15) is 51.4 Å². The number of hydrogen-bond donors (Lipinski definition) is 1. The van der Waals surface area contributed by atoms with E-state index in [0.29, 0.717) is 6.42 Å². The second-order valence-electron chi connectivity index (χ2n) is 3.34. The van der Waals surface area contributed by atoms with E-state index < -0.39 is 5.97 Å². The first-order chi connectivity index (χ1) is 6.27. The van der Waals surface area contributed by atoms with Gasteiger partial charge < -0.3 is 5.11 Å². The van der Waals surface area contributed by atoms with Crippen molar-refractivity contribution in [2.75, 3.05) is 0 Å². The molecule has 0 aromatic rings. The van der Waals surface area contributed by atoms with Crippen LogP contribution in [0.4, 0.5) is 0 Å². The van der Waals surface area contributed by atoms with Crippen molar-refractivity contribution in [2.45, 2.75) is 51.4 Å². The molecular formula is C11H20MoO2. The first-order valence-electron chi connectivity index (χ1n) is 5.10. The summed E-state index contributed by atoms with van der Waals surface area (Å²) in [5, 5.41) is 8.38. The Labute approximate surface area is 101 Å². The zero-order valence-electron chi connectivity index (χ0n) is 8.71. The zero-order valence-corrected chi connectivity index (χ0v) is 10.7. The van der Waals surface area contributed by atoms with E-state index in [1.807, 2.05) is 6.08 Å². The standard InChI is InChI=1S/C11H20O2.Mo/c1-2-3-4-5-6-7-8-9-10-11(12)13;/h2H,1,3-10H2,(H,12,13);. The molecule has 0 amide bonds. The number of carboxylic acids is 1. The molecule has 0 aromatic carbocycles. The van der Waals surface area contributed by atoms with Crippen molar-refractivity contribution in [3.05, 3.63) is 12.7 Å². The predicted molar refractivity (Wildman–Crippen MR) is 54.8 cm³/mol. The van der Waals surface area contributed by atoms with Crippen LogP contribution in [0, 0.1) is 0 Å². The van der Waals surface area contributed by atoms with Crippen LogP contribution >= 0.6 is 0 Å². The third kappa shape index (κ3) is 14.4. The minimum Gasteiger partial charge on any atom is -0.481 e. The molecule has 1 N–H and O–H groups in total. The number of carboxylic acid groups (broad SMARTS) is 1. The van der Waals surface area contributed by atoms with Crippen LogP contribution in [0.25, 0.3) is 0 Å². The van der Waals surface area contributed by atoms with Gasteiger partial charge in [-0.3, -0.25) is 4.79 Å². The summed E-state index contributed by atoms with van der Waals surface area (Å²) in [6.45, 7) is 3.66. The Morgan fingerprint density at radius 3 is 2.07 bits per heavy atom. The van der Waals surface area contributed by atoms with Gasteiger partial charge in [-0.25, -0.2) is 0 Å². The Morgan fingerprint density at radius 1 is 1.07 bits per heavy atom. The van der Waals surface area contributed by atoms with E-state index in [0.717, 1.165) is 19.3 Å². The molecular weight excluding hydrogens is 260 g/mol. The van der Waals surface area contributed by atoms with Crippen molar-refractivity contribution in [1.82, 2.24) is 0 Å². The monoisotopic (exact) mass is 282 g/mol. The third-order valence-electron chi connectivity index (χ3n) is 2.05. The molecule has 0 aromatic heterocycles. The first-order valence-corrected chi connectivity index (χ1v) is 5.10. The van der Waals surface area contributed by atoms with Crippen LogP contribution in [0.5, 0.6) is 0 Å². The van der Waals surface area contributed by atoms with Crippen molar-refractivity contribution in [2.24, 2.45) is 0 Å². The maximum absolute atomic E-state index is 10.2. The summed E-state index contributed by atoms with van der Waals surface area (Å²) in [6, 6.07) is 0. The smallest absolute Gasteiger partial charge is 0.303 e. The van der Waals surface area contributed by atoms with Crippen molar-refractivity contribution in [1.29, 1.82) is 0 Å². The molecule has 0 atom stereocenters. The molecule has 14 heavy (non-hydrogen) atoms. The van der Waals surface area contributed by atoms with E-state index in [-0.39, 0.29) is 21.1 Å². The largest absolute Gasteiger partial charge is 0.481 e. The molecule has 0 spiro atoms. The Balaban J connectivity index is 0. The first kappa shape index (κ1) is 16.3. The second kappa shape index (κ2) is 12.9. The van der Waals surface area contributed by atoms with Crippen molar-refractivity contribution < 1.29 is 31.0 Å². The van der Waals surface area contributed by atoms with E-state index in [9.17, 15) is 4.79 Å². The third-order valence-corrected chi connectivity index (χ3v) is 2.05. The van der Waals surface area contributed by atoms with Gasteiger partial charge >= 0.3 is 5.97 Å². The normalized spacial score (nSPS) is 9.14. The van der Waals surface area contributed by atoms with Gasteiger partial charge in [0.15, 0.2) is 0 Å². The molecule has 0 aliphatic heterocycles. The van der Waals surface area contributed by atoms with Gasteiger partial charge in [0.2, 0.25) is 0 Å². The summed E-state index contributed by atoms with van der Waals surface area (Å²) >= 11 is 0. The fourth-order valence-corrected chi connectivity index (χ4v) is 1.27. The minimum atomic E-state index is -0.674. The van der Waals surface area contributed by atoms with Crippen LogP contribution in [0.3, 0.4) is 0 Å². The maximum atomic E-state index is 10.2. The fourth-order valence-electron chi connectivity index (χ4n) is 1.27. The topological polar surface area (TPSA) is 37.3 Å². The number of rotatable bonds is 9. The van der Waals surface area contributed by atoms with Gasteiger partial charge in [0.05, 0.1) is 0 Å². The molecule has 0 unspecified atom stereocenters. The van der Waals surface area contributed by atoms with E-state index in [1.165, 1.54) is 25.7 Å². The Bertz CT molecular complexity index is 146. The number of carbonyl (C=O) groups is 1. The van der Waals surface area contributed by atoms with Crippen LogP contribution in [-0.2, 0) is 25.9 Å². The average Bonchev–Trinajstić information content (AvgIpc) is 2.09. The molecule has 82 valence electrons. The van der Waals surface area contributed by atoms with Crippen molar-refractivity contribution >= 4 is 5.97 Å². The van der Waals surface area contributed by atoms with Crippen LogP contribution in [0.15, 0.2) is 12.7 Å². The van der Waals surface area contributed by atoms with E-state index in [2.05, 4.69) is 6.58 Å². The average molecular weight is 280 g/mol. The Hall–Kier alpha value is -0.102. The Kier molecular flexibility index (Phi) is 15.0. The van der Waals surface area contributed by atoms with E-state index in [1.54, 1.807) is 0 Å². The summed E-state index contributed by atoms with van der Waals surface area (Å²) < 4.78 is 0. The predicted octanol–water partition coefficient (Wildman–Crippen LogP) is 3.38. The van der Waals surface area contributed by atoms with Gasteiger partial charge in [-0.15, -0.1) is 6.58 Å². The number of hydrogen-bond acceptors (Lipinski definition) is 1. The molecule has 0 radical (unpaired) electrons.